The van der Waals surface area contributed by atoms with Crippen LogP contribution in [-0.4, -0.2) is 12.0 Å². The number of nitrogens with one attached hydrogen (secondary N) is 1. The maximum atomic E-state index is 12.4. The number of halogens is 1. The van der Waals surface area contributed by atoms with Gasteiger partial charge in [-0.1, -0.05) is 61.0 Å². The van der Waals surface area contributed by atoms with Crippen LogP contribution in [0.4, 0.5) is 0 Å². The Morgan fingerprint density at radius 1 is 1.04 bits per heavy atom. The molecule has 0 aliphatic heterocycles. The molecule has 0 spiro atoms. The second kappa shape index (κ2) is 8.04. The predicted molar refractivity (Wildman–Crippen MR) is 102 cm³/mol. The first kappa shape index (κ1) is 17.3. The number of hydrogen-bond acceptors (Lipinski definition) is 2. The van der Waals surface area contributed by atoms with Crippen LogP contribution in [0.2, 0.25) is 5.02 Å². The number of ether oxygens (including phenoxy) is 1. The Morgan fingerprint density at radius 3 is 2.60 bits per heavy atom. The summed E-state index contributed by atoms with van der Waals surface area (Å²) in [5.41, 5.74) is 1.06. The van der Waals surface area contributed by atoms with Crippen molar-refractivity contribution in [3.8, 4) is 5.75 Å². The van der Waals surface area contributed by atoms with Gasteiger partial charge in [0.1, 0.15) is 5.75 Å². The summed E-state index contributed by atoms with van der Waals surface area (Å²) in [6, 6.07) is 21.4. The highest BCUT2D eigenvalue weighted by Gasteiger charge is 2.18. The molecule has 1 amide bonds. The first-order valence-electron chi connectivity index (χ1n) is 8.33. The summed E-state index contributed by atoms with van der Waals surface area (Å²) >= 11 is 5.96. The lowest BCUT2D eigenvalue weighted by Crippen LogP contribution is -2.37. The molecule has 0 fully saturated rings. The zero-order valence-electron chi connectivity index (χ0n) is 14.0. The third-order valence-corrected chi connectivity index (χ3v) is 4.25. The van der Waals surface area contributed by atoms with Crippen LogP contribution in [0.25, 0.3) is 10.8 Å². The van der Waals surface area contributed by atoms with E-state index in [1.54, 1.807) is 24.3 Å². The van der Waals surface area contributed by atoms with Gasteiger partial charge >= 0.3 is 0 Å². The minimum atomic E-state index is -0.543. The number of hydrogen-bond donors (Lipinski definition) is 1. The molecule has 1 atom stereocenters. The highest BCUT2D eigenvalue weighted by molar-refractivity contribution is 6.30. The van der Waals surface area contributed by atoms with Crippen LogP contribution in [0.5, 0.6) is 5.75 Å². The van der Waals surface area contributed by atoms with Crippen molar-refractivity contribution in [1.82, 2.24) is 5.32 Å². The molecule has 4 heteroatoms. The van der Waals surface area contributed by atoms with Crippen molar-refractivity contribution in [2.24, 2.45) is 0 Å². The molecule has 0 saturated carbocycles. The van der Waals surface area contributed by atoms with Gasteiger partial charge in [0.2, 0.25) is 0 Å². The van der Waals surface area contributed by atoms with Gasteiger partial charge in [-0.3, -0.25) is 4.79 Å². The van der Waals surface area contributed by atoms with Crippen molar-refractivity contribution in [3.05, 3.63) is 77.3 Å². The molecular weight excluding hydrogens is 334 g/mol. The number of carbonyl (C=O) groups is 1. The van der Waals surface area contributed by atoms with Crippen LogP contribution in [0.1, 0.15) is 18.9 Å². The Kier molecular flexibility index (Phi) is 5.56. The Bertz CT molecular complexity index is 878. The summed E-state index contributed by atoms with van der Waals surface area (Å²) < 4.78 is 5.77. The standard InChI is InChI=1S/C21H20ClNO2/c1-2-20(25-19-9-5-8-18(22)13-19)21(24)23-14-15-10-11-16-6-3-4-7-17(16)12-15/h3-13,20H,2,14H2,1H3,(H,23,24). The van der Waals surface area contributed by atoms with Gasteiger partial charge in [0.05, 0.1) is 0 Å². The van der Waals surface area contributed by atoms with Crippen LogP contribution < -0.4 is 10.1 Å². The van der Waals surface area contributed by atoms with Crippen LogP contribution >= 0.6 is 11.6 Å². The van der Waals surface area contributed by atoms with Gasteiger partial charge in [-0.15, -0.1) is 0 Å². The van der Waals surface area contributed by atoms with E-state index in [1.165, 1.54) is 5.39 Å². The number of amides is 1. The molecule has 3 aromatic rings. The number of rotatable bonds is 6. The monoisotopic (exact) mass is 353 g/mol. The summed E-state index contributed by atoms with van der Waals surface area (Å²) in [7, 11) is 0. The second-order valence-electron chi connectivity index (χ2n) is 5.87. The van der Waals surface area contributed by atoms with E-state index < -0.39 is 6.10 Å². The fourth-order valence-electron chi connectivity index (χ4n) is 2.68. The first-order chi connectivity index (χ1) is 12.2. The zero-order valence-corrected chi connectivity index (χ0v) is 14.8. The quantitative estimate of drug-likeness (QED) is 0.679. The van der Waals surface area contributed by atoms with Crippen molar-refractivity contribution < 1.29 is 9.53 Å². The molecule has 3 nitrogen and oxygen atoms in total. The first-order valence-corrected chi connectivity index (χ1v) is 8.71. The van der Waals surface area contributed by atoms with E-state index >= 15 is 0 Å². The van der Waals surface area contributed by atoms with Crippen molar-refractivity contribution >= 4 is 28.3 Å². The summed E-state index contributed by atoms with van der Waals surface area (Å²) in [6.07, 6.45) is 0.0368. The third kappa shape index (κ3) is 4.52. The fourth-order valence-corrected chi connectivity index (χ4v) is 2.86. The van der Waals surface area contributed by atoms with E-state index in [4.69, 9.17) is 16.3 Å². The van der Waals surface area contributed by atoms with Gasteiger partial charge in [-0.2, -0.15) is 0 Å². The molecule has 0 saturated heterocycles. The fraction of sp³-hybridized carbons (Fsp3) is 0.190. The van der Waals surface area contributed by atoms with Gasteiger partial charge < -0.3 is 10.1 Å². The molecule has 1 N–H and O–H groups in total. The molecule has 0 bridgehead atoms. The molecule has 0 aliphatic rings. The molecule has 0 radical (unpaired) electrons. The SMILES string of the molecule is CCC(Oc1cccc(Cl)c1)C(=O)NCc1ccc2ccccc2c1. The molecule has 0 aliphatic carbocycles. The Morgan fingerprint density at radius 2 is 1.84 bits per heavy atom. The normalized spacial score (nSPS) is 11.9. The lowest BCUT2D eigenvalue weighted by atomic mass is 10.1. The molecule has 1 unspecified atom stereocenters. The summed E-state index contributed by atoms with van der Waals surface area (Å²) in [5.74, 6) is 0.468. The third-order valence-electron chi connectivity index (χ3n) is 4.02. The van der Waals surface area contributed by atoms with E-state index in [0.29, 0.717) is 23.7 Å². The number of fused-ring (bicyclic) bond motifs is 1. The van der Waals surface area contributed by atoms with Gasteiger partial charge in [0.15, 0.2) is 6.10 Å². The lowest BCUT2D eigenvalue weighted by Gasteiger charge is -2.17. The topological polar surface area (TPSA) is 38.3 Å². The van der Waals surface area contributed by atoms with Gasteiger partial charge in [0.25, 0.3) is 5.91 Å². The lowest BCUT2D eigenvalue weighted by molar-refractivity contribution is -0.128. The molecule has 0 aromatic heterocycles. The van der Waals surface area contributed by atoms with Crippen LogP contribution in [0.15, 0.2) is 66.7 Å². The number of carbonyl (C=O) groups excluding carboxylic acids is 1. The summed E-state index contributed by atoms with van der Waals surface area (Å²) in [4.78, 5) is 12.4. The van der Waals surface area contributed by atoms with E-state index in [0.717, 1.165) is 10.9 Å². The highest BCUT2D eigenvalue weighted by atomic mass is 35.5. The van der Waals surface area contributed by atoms with Gasteiger partial charge in [0, 0.05) is 11.6 Å². The second-order valence-corrected chi connectivity index (χ2v) is 6.31. The van der Waals surface area contributed by atoms with Gasteiger partial charge in [-0.25, -0.2) is 0 Å². The summed E-state index contributed by atoms with van der Waals surface area (Å²) in [6.45, 7) is 2.39. The van der Waals surface area contributed by atoms with E-state index in [1.807, 2.05) is 25.1 Å². The zero-order chi connectivity index (χ0) is 17.6. The molecule has 3 aromatic carbocycles. The van der Waals surface area contributed by atoms with Crippen molar-refractivity contribution in [3.63, 3.8) is 0 Å². The highest BCUT2D eigenvalue weighted by Crippen LogP contribution is 2.19. The van der Waals surface area contributed by atoms with Gasteiger partial charge in [-0.05, 0) is 47.0 Å². The maximum Gasteiger partial charge on any atom is 0.261 e. The molecular formula is C21H20ClNO2. The molecule has 25 heavy (non-hydrogen) atoms. The molecule has 128 valence electrons. The van der Waals surface area contributed by atoms with Crippen LogP contribution in [-0.2, 0) is 11.3 Å². The minimum Gasteiger partial charge on any atom is -0.481 e. The van der Waals surface area contributed by atoms with E-state index in [2.05, 4.69) is 29.6 Å². The largest absolute Gasteiger partial charge is 0.481 e. The van der Waals surface area contributed by atoms with E-state index in [9.17, 15) is 4.79 Å². The summed E-state index contributed by atoms with van der Waals surface area (Å²) in [5, 5.41) is 5.89. The Balaban J connectivity index is 1.63. The van der Waals surface area contributed by atoms with Crippen LogP contribution in [0.3, 0.4) is 0 Å². The Hall–Kier alpha value is -2.52. The Labute approximate surface area is 152 Å². The van der Waals surface area contributed by atoms with Crippen molar-refractivity contribution in [2.75, 3.05) is 0 Å². The molecule has 0 heterocycles. The predicted octanol–water partition coefficient (Wildman–Crippen LogP) is 4.97. The molecule has 3 rings (SSSR count). The van der Waals surface area contributed by atoms with Crippen LogP contribution in [0, 0.1) is 0 Å². The smallest absolute Gasteiger partial charge is 0.261 e. The average molecular weight is 354 g/mol. The van der Waals surface area contributed by atoms with E-state index in [-0.39, 0.29) is 5.91 Å². The van der Waals surface area contributed by atoms with Crippen molar-refractivity contribution in [1.29, 1.82) is 0 Å². The minimum absolute atomic E-state index is 0.129. The average Bonchev–Trinajstić information content (AvgIpc) is 2.64. The van der Waals surface area contributed by atoms with Crippen molar-refractivity contribution in [2.45, 2.75) is 26.0 Å². The number of benzene rings is 3. The maximum absolute atomic E-state index is 12.4.